The van der Waals surface area contributed by atoms with E-state index < -0.39 is 0 Å². The molecule has 0 atom stereocenters. The third-order valence-electron chi connectivity index (χ3n) is 2.39. The Kier molecular flexibility index (Phi) is 11.0. The van der Waals surface area contributed by atoms with Crippen molar-refractivity contribution in [2.24, 2.45) is 0 Å². The second kappa shape index (κ2) is 12.1. The number of hydrogen-bond acceptors (Lipinski definition) is 2. The molecule has 0 N–H and O–H groups in total. The second-order valence-corrected chi connectivity index (χ2v) is 4.38. The van der Waals surface area contributed by atoms with E-state index in [4.69, 9.17) is 4.74 Å². The van der Waals surface area contributed by atoms with Gasteiger partial charge in [0.15, 0.2) is 0 Å². The highest BCUT2D eigenvalue weighted by atomic mass is 16.5. The summed E-state index contributed by atoms with van der Waals surface area (Å²) in [5, 5.41) is 0. The van der Waals surface area contributed by atoms with Gasteiger partial charge in [-0.05, 0) is 38.0 Å². The maximum atomic E-state index is 9.96. The van der Waals surface area contributed by atoms with Crippen molar-refractivity contribution in [2.75, 3.05) is 13.7 Å². The molecule has 0 heterocycles. The number of aryl methyl sites for hydroxylation is 1. The predicted molar refractivity (Wildman–Crippen MR) is 86.7 cm³/mol. The first-order valence-electron chi connectivity index (χ1n) is 6.60. The van der Waals surface area contributed by atoms with Crippen molar-refractivity contribution in [2.45, 2.75) is 20.8 Å². The number of carbonyl (C=O) groups excluding carboxylic acids is 1. The normalized spacial score (nSPS) is 11.5. The monoisotopic (exact) mass is 272 g/mol. The minimum absolute atomic E-state index is 0.727. The molecule has 0 unspecified atom stereocenters. The van der Waals surface area contributed by atoms with Crippen molar-refractivity contribution >= 4 is 12.4 Å². The van der Waals surface area contributed by atoms with Crippen LogP contribution < -0.4 is 0 Å². The first-order valence-corrected chi connectivity index (χ1v) is 6.60. The van der Waals surface area contributed by atoms with E-state index in [1.165, 1.54) is 17.2 Å². The van der Waals surface area contributed by atoms with Crippen LogP contribution in [0.1, 0.15) is 25.0 Å². The van der Waals surface area contributed by atoms with Crippen LogP contribution in [-0.2, 0) is 9.53 Å². The van der Waals surface area contributed by atoms with Crippen molar-refractivity contribution in [3.05, 3.63) is 65.3 Å². The third kappa shape index (κ3) is 10.0. The Labute approximate surface area is 122 Å². The summed E-state index contributed by atoms with van der Waals surface area (Å²) in [5.74, 6) is 0. The zero-order valence-corrected chi connectivity index (χ0v) is 12.8. The lowest BCUT2D eigenvalue weighted by atomic mass is 10.1. The smallest absolute Gasteiger partial charge is 0.142 e. The standard InChI is InChI=1S/C10H10O.C8H14O/c1-9-4-6-10(7-5-9)3-2-8-11;1-4-5-6-8(2)7-9-3/h2-8H,1H3;4-6H,7H2,1-3H3/b3-2+;5-4-,8-6-. The van der Waals surface area contributed by atoms with Gasteiger partial charge in [0.2, 0.25) is 0 Å². The van der Waals surface area contributed by atoms with Gasteiger partial charge >= 0.3 is 0 Å². The Morgan fingerprint density at radius 2 is 1.85 bits per heavy atom. The van der Waals surface area contributed by atoms with Gasteiger partial charge in [-0.25, -0.2) is 0 Å². The fourth-order valence-corrected chi connectivity index (χ4v) is 1.36. The molecule has 0 saturated heterocycles. The van der Waals surface area contributed by atoms with E-state index >= 15 is 0 Å². The summed E-state index contributed by atoms with van der Waals surface area (Å²) in [7, 11) is 1.70. The third-order valence-corrected chi connectivity index (χ3v) is 2.39. The fraction of sp³-hybridized carbons (Fsp3) is 0.278. The van der Waals surface area contributed by atoms with Gasteiger partial charge < -0.3 is 4.74 Å². The number of methoxy groups -OCH3 is 1. The molecule has 0 aliphatic carbocycles. The van der Waals surface area contributed by atoms with Crippen molar-refractivity contribution in [1.82, 2.24) is 0 Å². The van der Waals surface area contributed by atoms with Crippen LogP contribution in [0.5, 0.6) is 0 Å². The summed E-state index contributed by atoms with van der Waals surface area (Å²) in [6.45, 7) is 6.80. The highest BCUT2D eigenvalue weighted by Gasteiger charge is 1.84. The van der Waals surface area contributed by atoms with Gasteiger partial charge in [-0.3, -0.25) is 4.79 Å². The number of carbonyl (C=O) groups is 1. The van der Waals surface area contributed by atoms with Crippen LogP contribution in [0, 0.1) is 6.92 Å². The molecule has 0 aliphatic rings. The number of allylic oxidation sites excluding steroid dienone is 4. The summed E-state index contributed by atoms with van der Waals surface area (Å²) in [6.07, 6.45) is 10.1. The molecule has 1 aromatic carbocycles. The summed E-state index contributed by atoms with van der Waals surface area (Å²) in [4.78, 5) is 9.96. The van der Waals surface area contributed by atoms with Crippen LogP contribution >= 0.6 is 0 Å². The van der Waals surface area contributed by atoms with Gasteiger partial charge in [-0.1, -0.05) is 54.1 Å². The van der Waals surface area contributed by atoms with Crippen LogP contribution in [0.4, 0.5) is 0 Å². The first kappa shape index (κ1) is 18.1. The summed E-state index contributed by atoms with van der Waals surface area (Å²) in [5.41, 5.74) is 3.53. The molecule has 2 nitrogen and oxygen atoms in total. The minimum atomic E-state index is 0.727. The van der Waals surface area contributed by atoms with Crippen LogP contribution in [-0.4, -0.2) is 20.0 Å². The van der Waals surface area contributed by atoms with E-state index in [-0.39, 0.29) is 0 Å². The zero-order chi connectivity index (χ0) is 15.2. The maximum absolute atomic E-state index is 9.96. The Morgan fingerprint density at radius 3 is 2.35 bits per heavy atom. The van der Waals surface area contributed by atoms with Gasteiger partial charge in [0.05, 0.1) is 6.61 Å². The van der Waals surface area contributed by atoms with Crippen LogP contribution in [0.2, 0.25) is 0 Å². The molecule has 2 heteroatoms. The highest BCUT2D eigenvalue weighted by Crippen LogP contribution is 2.03. The molecule has 1 aromatic rings. The molecular formula is C18H24O2. The predicted octanol–water partition coefficient (Wildman–Crippen LogP) is 4.36. The number of hydrogen-bond donors (Lipinski definition) is 0. The topological polar surface area (TPSA) is 26.3 Å². The van der Waals surface area contributed by atoms with Crippen molar-refractivity contribution < 1.29 is 9.53 Å². The quantitative estimate of drug-likeness (QED) is 0.452. The number of benzene rings is 1. The lowest BCUT2D eigenvalue weighted by Crippen LogP contribution is -1.87. The first-order chi connectivity index (χ1) is 9.63. The molecule has 0 aliphatic heterocycles. The lowest BCUT2D eigenvalue weighted by Gasteiger charge is -1.94. The second-order valence-electron chi connectivity index (χ2n) is 4.38. The Balaban J connectivity index is 0.000000370. The van der Waals surface area contributed by atoms with E-state index in [2.05, 4.69) is 0 Å². The summed E-state index contributed by atoms with van der Waals surface area (Å²) < 4.78 is 4.90. The van der Waals surface area contributed by atoms with Crippen molar-refractivity contribution in [1.29, 1.82) is 0 Å². The Bertz CT molecular complexity index is 451. The van der Waals surface area contributed by atoms with Gasteiger partial charge in [0.1, 0.15) is 6.29 Å². The number of rotatable bonds is 5. The van der Waals surface area contributed by atoms with Crippen molar-refractivity contribution in [3.8, 4) is 0 Å². The average molecular weight is 272 g/mol. The summed E-state index contributed by atoms with van der Waals surface area (Å²) >= 11 is 0. The molecule has 0 spiro atoms. The zero-order valence-electron chi connectivity index (χ0n) is 12.8. The molecule has 1 rings (SSSR count). The fourth-order valence-electron chi connectivity index (χ4n) is 1.36. The molecule has 20 heavy (non-hydrogen) atoms. The summed E-state index contributed by atoms with van der Waals surface area (Å²) in [6, 6.07) is 8.00. The van der Waals surface area contributed by atoms with E-state index in [1.807, 2.05) is 63.3 Å². The van der Waals surface area contributed by atoms with Crippen molar-refractivity contribution in [3.63, 3.8) is 0 Å². The van der Waals surface area contributed by atoms with Crippen LogP contribution in [0.25, 0.3) is 6.08 Å². The molecule has 0 aromatic heterocycles. The Hall–Kier alpha value is -1.93. The van der Waals surface area contributed by atoms with Crippen LogP contribution in [0.15, 0.2) is 54.1 Å². The molecule has 0 fully saturated rings. The van der Waals surface area contributed by atoms with Gasteiger partial charge in [0.25, 0.3) is 0 Å². The van der Waals surface area contributed by atoms with Gasteiger partial charge in [0, 0.05) is 7.11 Å². The largest absolute Gasteiger partial charge is 0.380 e. The van der Waals surface area contributed by atoms with Crippen LogP contribution in [0.3, 0.4) is 0 Å². The highest BCUT2D eigenvalue weighted by molar-refractivity contribution is 5.73. The molecule has 0 amide bonds. The molecule has 0 saturated carbocycles. The number of ether oxygens (including phenoxy) is 1. The maximum Gasteiger partial charge on any atom is 0.142 e. The average Bonchev–Trinajstić information content (AvgIpc) is 2.45. The molecular weight excluding hydrogens is 248 g/mol. The molecule has 0 radical (unpaired) electrons. The van der Waals surface area contributed by atoms with Gasteiger partial charge in [-0.15, -0.1) is 0 Å². The molecule has 108 valence electrons. The molecule has 0 bridgehead atoms. The SMILES string of the molecule is C/C=C\C=C(\C)COC.Cc1ccc(/C=C/C=O)cc1. The number of aldehydes is 1. The van der Waals surface area contributed by atoms with E-state index in [1.54, 1.807) is 13.2 Å². The van der Waals surface area contributed by atoms with Gasteiger partial charge in [-0.2, -0.15) is 0 Å². The lowest BCUT2D eigenvalue weighted by molar-refractivity contribution is -0.104. The minimum Gasteiger partial charge on any atom is -0.380 e. The van der Waals surface area contributed by atoms with E-state index in [0.717, 1.165) is 18.5 Å². The van der Waals surface area contributed by atoms with E-state index in [9.17, 15) is 4.79 Å². The van der Waals surface area contributed by atoms with E-state index in [0.29, 0.717) is 0 Å². The Morgan fingerprint density at radius 1 is 1.20 bits per heavy atom.